The summed E-state index contributed by atoms with van der Waals surface area (Å²) in [7, 11) is 0. The van der Waals surface area contributed by atoms with Gasteiger partial charge in [0.2, 0.25) is 11.8 Å². The molecule has 25 heavy (non-hydrogen) atoms. The number of aryl methyl sites for hydroxylation is 2. The summed E-state index contributed by atoms with van der Waals surface area (Å²) >= 11 is 0. The maximum atomic E-state index is 12.5. The van der Waals surface area contributed by atoms with Crippen molar-refractivity contribution in [3.8, 4) is 0 Å². The Kier molecular flexibility index (Phi) is 5.03. The van der Waals surface area contributed by atoms with E-state index in [2.05, 4.69) is 40.7 Å². The highest BCUT2D eigenvalue weighted by molar-refractivity contribution is 5.95. The van der Waals surface area contributed by atoms with E-state index < -0.39 is 0 Å². The second kappa shape index (κ2) is 7.38. The molecule has 5 heteroatoms. The lowest BCUT2D eigenvalue weighted by molar-refractivity contribution is -0.115. The fourth-order valence-corrected chi connectivity index (χ4v) is 3.22. The van der Waals surface area contributed by atoms with Crippen molar-refractivity contribution >= 4 is 28.9 Å². The van der Waals surface area contributed by atoms with Gasteiger partial charge in [-0.25, -0.2) is 0 Å². The minimum absolute atomic E-state index is 0.0617. The number of benzene rings is 2. The van der Waals surface area contributed by atoms with Gasteiger partial charge in [0.15, 0.2) is 0 Å². The Morgan fingerprint density at radius 1 is 1.08 bits per heavy atom. The molecule has 3 rings (SSSR count). The third-order valence-corrected chi connectivity index (χ3v) is 4.25. The van der Waals surface area contributed by atoms with E-state index in [1.165, 1.54) is 18.1 Å². The summed E-state index contributed by atoms with van der Waals surface area (Å²) in [4.78, 5) is 25.7. The number of carbonyl (C=O) groups excluding carboxylic acids is 2. The van der Waals surface area contributed by atoms with E-state index in [9.17, 15) is 9.59 Å². The minimum atomic E-state index is -0.135. The monoisotopic (exact) mass is 337 g/mol. The maximum Gasteiger partial charge on any atom is 0.243 e. The molecular formula is C20H23N3O2. The zero-order chi connectivity index (χ0) is 17.8. The molecule has 0 saturated heterocycles. The van der Waals surface area contributed by atoms with Crippen LogP contribution in [0.15, 0.2) is 42.5 Å². The highest BCUT2D eigenvalue weighted by atomic mass is 16.2. The van der Waals surface area contributed by atoms with Crippen LogP contribution in [0.1, 0.15) is 24.5 Å². The van der Waals surface area contributed by atoms with Crippen molar-refractivity contribution in [2.24, 2.45) is 0 Å². The summed E-state index contributed by atoms with van der Waals surface area (Å²) in [5.74, 6) is -0.197. The van der Waals surface area contributed by atoms with E-state index in [0.717, 1.165) is 25.1 Å². The standard InChI is InChI=1S/C20H23N3O2/c1-14-8-9-19-16(11-14)5-4-10-23(19)13-20(25)22-18-7-3-6-17(12-18)21-15(2)24/h3,6-9,11-12H,4-5,10,13H2,1-2H3,(H,21,24)(H,22,25). The number of rotatable bonds is 4. The zero-order valence-electron chi connectivity index (χ0n) is 14.6. The number of nitrogens with zero attached hydrogens (tertiary/aromatic N) is 1. The Morgan fingerprint density at radius 3 is 2.60 bits per heavy atom. The van der Waals surface area contributed by atoms with Crippen molar-refractivity contribution in [2.75, 3.05) is 28.6 Å². The Labute approximate surface area is 148 Å². The molecule has 0 unspecified atom stereocenters. The highest BCUT2D eigenvalue weighted by Crippen LogP contribution is 2.27. The number of carbonyl (C=O) groups is 2. The van der Waals surface area contributed by atoms with Gasteiger partial charge < -0.3 is 15.5 Å². The Balaban J connectivity index is 1.67. The van der Waals surface area contributed by atoms with E-state index in [1.807, 2.05) is 6.07 Å². The molecule has 5 nitrogen and oxygen atoms in total. The van der Waals surface area contributed by atoms with Crippen LogP contribution in [0.25, 0.3) is 0 Å². The third-order valence-electron chi connectivity index (χ3n) is 4.25. The number of fused-ring (bicyclic) bond motifs is 1. The fourth-order valence-electron chi connectivity index (χ4n) is 3.22. The first-order valence-electron chi connectivity index (χ1n) is 8.53. The number of hydrogen-bond donors (Lipinski definition) is 2. The van der Waals surface area contributed by atoms with E-state index in [-0.39, 0.29) is 11.8 Å². The molecule has 2 aromatic rings. The summed E-state index contributed by atoms with van der Waals surface area (Å²) in [6.07, 6.45) is 2.12. The third kappa shape index (κ3) is 4.38. The molecular weight excluding hydrogens is 314 g/mol. The summed E-state index contributed by atoms with van der Waals surface area (Å²) in [5, 5.41) is 5.63. The number of nitrogens with one attached hydrogen (secondary N) is 2. The quantitative estimate of drug-likeness (QED) is 0.899. The maximum absolute atomic E-state index is 12.5. The van der Waals surface area contributed by atoms with Gasteiger partial charge in [-0.1, -0.05) is 23.8 Å². The molecule has 2 aromatic carbocycles. The van der Waals surface area contributed by atoms with Crippen molar-refractivity contribution in [1.82, 2.24) is 0 Å². The van der Waals surface area contributed by atoms with Gasteiger partial charge in [0, 0.05) is 30.5 Å². The van der Waals surface area contributed by atoms with Crippen LogP contribution < -0.4 is 15.5 Å². The van der Waals surface area contributed by atoms with Gasteiger partial charge in [-0.2, -0.15) is 0 Å². The second-order valence-corrected chi connectivity index (χ2v) is 6.47. The summed E-state index contributed by atoms with van der Waals surface area (Å²) in [6.45, 7) is 4.75. The molecule has 0 aliphatic carbocycles. The van der Waals surface area contributed by atoms with Crippen LogP contribution >= 0.6 is 0 Å². The second-order valence-electron chi connectivity index (χ2n) is 6.47. The lowest BCUT2D eigenvalue weighted by Gasteiger charge is -2.31. The van der Waals surface area contributed by atoms with Crippen molar-refractivity contribution in [3.63, 3.8) is 0 Å². The molecule has 0 aromatic heterocycles. The van der Waals surface area contributed by atoms with Gasteiger partial charge in [-0.3, -0.25) is 9.59 Å². The Bertz CT molecular complexity index is 801. The van der Waals surface area contributed by atoms with Gasteiger partial charge >= 0.3 is 0 Å². The van der Waals surface area contributed by atoms with E-state index >= 15 is 0 Å². The summed E-state index contributed by atoms with van der Waals surface area (Å²) in [5.41, 5.74) is 5.06. The largest absolute Gasteiger partial charge is 0.362 e. The Hall–Kier alpha value is -2.82. The molecule has 0 bridgehead atoms. The molecule has 1 aliphatic rings. The number of amides is 2. The van der Waals surface area contributed by atoms with Gasteiger partial charge in [0.25, 0.3) is 0 Å². The van der Waals surface area contributed by atoms with Crippen LogP contribution in [0.4, 0.5) is 17.1 Å². The zero-order valence-corrected chi connectivity index (χ0v) is 14.6. The van der Waals surface area contributed by atoms with Crippen LogP contribution in [0.2, 0.25) is 0 Å². The molecule has 2 N–H and O–H groups in total. The molecule has 0 radical (unpaired) electrons. The molecule has 0 atom stereocenters. The van der Waals surface area contributed by atoms with E-state index in [0.29, 0.717) is 17.9 Å². The minimum Gasteiger partial charge on any atom is -0.362 e. The first kappa shape index (κ1) is 17.0. The van der Waals surface area contributed by atoms with Gasteiger partial charge in [-0.05, 0) is 49.6 Å². The summed E-state index contributed by atoms with van der Waals surface area (Å²) < 4.78 is 0. The van der Waals surface area contributed by atoms with Crippen molar-refractivity contribution in [2.45, 2.75) is 26.7 Å². The van der Waals surface area contributed by atoms with Gasteiger partial charge in [0.05, 0.1) is 6.54 Å². The molecule has 2 amide bonds. The molecule has 0 fully saturated rings. The smallest absolute Gasteiger partial charge is 0.243 e. The van der Waals surface area contributed by atoms with E-state index in [4.69, 9.17) is 0 Å². The van der Waals surface area contributed by atoms with Crippen molar-refractivity contribution < 1.29 is 9.59 Å². The van der Waals surface area contributed by atoms with Crippen LogP contribution in [0.3, 0.4) is 0 Å². The highest BCUT2D eigenvalue weighted by Gasteiger charge is 2.19. The lowest BCUT2D eigenvalue weighted by atomic mass is 9.99. The number of anilines is 3. The van der Waals surface area contributed by atoms with Crippen LogP contribution in [0, 0.1) is 6.92 Å². The summed E-state index contributed by atoms with van der Waals surface area (Å²) in [6, 6.07) is 13.6. The van der Waals surface area contributed by atoms with E-state index in [1.54, 1.807) is 18.2 Å². The first-order chi connectivity index (χ1) is 12.0. The molecule has 0 spiro atoms. The van der Waals surface area contributed by atoms with Crippen LogP contribution in [0.5, 0.6) is 0 Å². The normalized spacial score (nSPS) is 13.1. The lowest BCUT2D eigenvalue weighted by Crippen LogP contribution is -2.36. The molecule has 0 saturated carbocycles. The number of hydrogen-bond acceptors (Lipinski definition) is 3. The van der Waals surface area contributed by atoms with Crippen LogP contribution in [-0.2, 0) is 16.0 Å². The Morgan fingerprint density at radius 2 is 1.84 bits per heavy atom. The molecule has 130 valence electrons. The van der Waals surface area contributed by atoms with Crippen molar-refractivity contribution in [1.29, 1.82) is 0 Å². The average molecular weight is 337 g/mol. The average Bonchev–Trinajstić information content (AvgIpc) is 2.54. The SMILES string of the molecule is CC(=O)Nc1cccc(NC(=O)CN2CCCc3cc(C)ccc32)c1. The predicted octanol–water partition coefficient (Wildman–Crippen LogP) is 3.34. The first-order valence-corrected chi connectivity index (χ1v) is 8.53. The fraction of sp³-hybridized carbons (Fsp3) is 0.300. The van der Waals surface area contributed by atoms with Crippen molar-refractivity contribution in [3.05, 3.63) is 53.6 Å². The van der Waals surface area contributed by atoms with Crippen LogP contribution in [-0.4, -0.2) is 24.9 Å². The predicted molar refractivity (Wildman–Crippen MR) is 101 cm³/mol. The van der Waals surface area contributed by atoms with Gasteiger partial charge in [0.1, 0.15) is 0 Å². The van der Waals surface area contributed by atoms with Gasteiger partial charge in [-0.15, -0.1) is 0 Å². The topological polar surface area (TPSA) is 61.4 Å². The molecule has 1 aliphatic heterocycles. The molecule has 1 heterocycles.